The summed E-state index contributed by atoms with van der Waals surface area (Å²) in [6.07, 6.45) is 0.0278. The van der Waals surface area contributed by atoms with Crippen molar-refractivity contribution in [3.05, 3.63) is 29.6 Å². The average molecular weight is 212 g/mol. The number of halogens is 1. The first-order valence-corrected chi connectivity index (χ1v) is 4.86. The van der Waals surface area contributed by atoms with E-state index in [-0.39, 0.29) is 11.9 Å². The topological polar surface area (TPSA) is 38.7 Å². The third kappa shape index (κ3) is 2.11. The summed E-state index contributed by atoms with van der Waals surface area (Å²) in [5.74, 6) is 0.367. The normalized spacial score (nSPS) is 21.7. The van der Waals surface area contributed by atoms with E-state index in [0.717, 1.165) is 5.56 Å². The van der Waals surface area contributed by atoms with Gasteiger partial charge in [-0.2, -0.15) is 0 Å². The molecular weight excluding hydrogens is 199 g/mol. The smallest absolute Gasteiger partial charge is 0.191 e. The van der Waals surface area contributed by atoms with Gasteiger partial charge in [-0.05, 0) is 36.6 Å². The maximum absolute atomic E-state index is 12.9. The lowest BCUT2D eigenvalue weighted by atomic mass is 10.0. The van der Waals surface area contributed by atoms with E-state index in [4.69, 9.17) is 9.47 Å². The van der Waals surface area contributed by atoms with Gasteiger partial charge in [0.05, 0.1) is 0 Å². The number of hydrogen-bond acceptors (Lipinski definition) is 3. The Hall–Kier alpha value is -1.13. The molecule has 0 bridgehead atoms. The van der Waals surface area contributed by atoms with Crippen molar-refractivity contribution >= 4 is 0 Å². The Bertz CT molecular complexity index is 354. The number of aryl methyl sites for hydroxylation is 1. The van der Waals surface area contributed by atoms with Gasteiger partial charge in [0.25, 0.3) is 0 Å². The highest BCUT2D eigenvalue weighted by Crippen LogP contribution is 2.29. The Morgan fingerprint density at radius 3 is 3.13 bits per heavy atom. The maximum atomic E-state index is 12.9. The first kappa shape index (κ1) is 10.4. The molecular formula is C11H13FO3. The van der Waals surface area contributed by atoms with Crippen LogP contribution in [-0.4, -0.2) is 24.6 Å². The van der Waals surface area contributed by atoms with Crippen molar-refractivity contribution in [2.75, 3.05) is 7.11 Å². The molecule has 1 aromatic carbocycles. The molecule has 0 aromatic heterocycles. The monoisotopic (exact) mass is 212 g/mol. The van der Waals surface area contributed by atoms with Crippen molar-refractivity contribution in [3.63, 3.8) is 0 Å². The van der Waals surface area contributed by atoms with Gasteiger partial charge >= 0.3 is 0 Å². The lowest BCUT2D eigenvalue weighted by Gasteiger charge is -2.28. The van der Waals surface area contributed by atoms with Gasteiger partial charge in [0.1, 0.15) is 17.7 Å². The number of aliphatic hydroxyl groups excluding tert-OH is 1. The molecule has 0 saturated carbocycles. The van der Waals surface area contributed by atoms with Crippen LogP contribution in [0.1, 0.15) is 12.0 Å². The van der Waals surface area contributed by atoms with Crippen LogP contribution in [0.25, 0.3) is 0 Å². The maximum Gasteiger partial charge on any atom is 0.191 e. The third-order valence-corrected chi connectivity index (χ3v) is 2.56. The molecule has 1 aliphatic rings. The Balaban J connectivity index is 2.16. The van der Waals surface area contributed by atoms with Crippen molar-refractivity contribution in [2.24, 2.45) is 0 Å². The molecule has 0 aliphatic carbocycles. The summed E-state index contributed by atoms with van der Waals surface area (Å²) < 4.78 is 23.2. The zero-order chi connectivity index (χ0) is 10.8. The van der Waals surface area contributed by atoms with Crippen LogP contribution in [0, 0.1) is 5.82 Å². The average Bonchev–Trinajstić information content (AvgIpc) is 2.27. The number of aliphatic hydroxyl groups is 1. The van der Waals surface area contributed by atoms with E-state index in [2.05, 4.69) is 0 Å². The molecule has 3 nitrogen and oxygen atoms in total. The van der Waals surface area contributed by atoms with Gasteiger partial charge in [-0.15, -0.1) is 0 Å². The molecule has 82 valence electrons. The molecule has 0 fully saturated rings. The fourth-order valence-corrected chi connectivity index (χ4v) is 1.73. The molecule has 1 aliphatic heterocycles. The Kier molecular flexibility index (Phi) is 2.88. The van der Waals surface area contributed by atoms with Crippen LogP contribution >= 0.6 is 0 Å². The quantitative estimate of drug-likeness (QED) is 0.755. The number of benzene rings is 1. The van der Waals surface area contributed by atoms with Crippen LogP contribution in [-0.2, 0) is 11.2 Å². The third-order valence-electron chi connectivity index (χ3n) is 2.56. The van der Waals surface area contributed by atoms with Gasteiger partial charge < -0.3 is 14.6 Å². The van der Waals surface area contributed by atoms with E-state index in [9.17, 15) is 9.50 Å². The standard InChI is InChI=1S/C11H13FO3/c1-14-11(13)10-4-2-7-6-8(12)3-5-9(7)15-10/h3,5-6,10-11,13H,2,4H2,1H3. The summed E-state index contributed by atoms with van der Waals surface area (Å²) in [5.41, 5.74) is 0.842. The zero-order valence-corrected chi connectivity index (χ0v) is 8.44. The minimum absolute atomic E-state index is 0.261. The van der Waals surface area contributed by atoms with Gasteiger partial charge in [0, 0.05) is 7.11 Å². The van der Waals surface area contributed by atoms with Crippen molar-refractivity contribution in [1.82, 2.24) is 0 Å². The number of hydrogen-bond donors (Lipinski definition) is 1. The predicted molar refractivity (Wildman–Crippen MR) is 52.2 cm³/mol. The van der Waals surface area contributed by atoms with Crippen LogP contribution in [0.4, 0.5) is 4.39 Å². The van der Waals surface area contributed by atoms with E-state index in [1.165, 1.54) is 19.2 Å². The van der Waals surface area contributed by atoms with Gasteiger partial charge in [-0.25, -0.2) is 4.39 Å². The molecule has 2 atom stereocenters. The van der Waals surface area contributed by atoms with Crippen LogP contribution in [0.2, 0.25) is 0 Å². The Morgan fingerprint density at radius 2 is 2.40 bits per heavy atom. The summed E-state index contributed by atoms with van der Waals surface area (Å²) in [5, 5.41) is 9.44. The lowest BCUT2D eigenvalue weighted by Crippen LogP contribution is -2.36. The van der Waals surface area contributed by atoms with Gasteiger partial charge in [0.15, 0.2) is 6.29 Å². The van der Waals surface area contributed by atoms with Crippen LogP contribution in [0.15, 0.2) is 18.2 Å². The Morgan fingerprint density at radius 1 is 1.60 bits per heavy atom. The summed E-state index contributed by atoms with van der Waals surface area (Å²) in [7, 11) is 1.42. The van der Waals surface area contributed by atoms with Crippen molar-refractivity contribution in [3.8, 4) is 5.75 Å². The first-order chi connectivity index (χ1) is 7.20. The van der Waals surface area contributed by atoms with Crippen molar-refractivity contribution in [1.29, 1.82) is 0 Å². The van der Waals surface area contributed by atoms with Gasteiger partial charge in [-0.3, -0.25) is 0 Å². The highest BCUT2D eigenvalue weighted by atomic mass is 19.1. The molecule has 2 unspecified atom stereocenters. The highest BCUT2D eigenvalue weighted by molar-refractivity contribution is 5.35. The zero-order valence-electron chi connectivity index (χ0n) is 8.44. The number of ether oxygens (including phenoxy) is 2. The number of fused-ring (bicyclic) bond motifs is 1. The highest BCUT2D eigenvalue weighted by Gasteiger charge is 2.26. The predicted octanol–water partition coefficient (Wildman–Crippen LogP) is 1.48. The van der Waals surface area contributed by atoms with E-state index in [0.29, 0.717) is 18.6 Å². The van der Waals surface area contributed by atoms with E-state index < -0.39 is 6.29 Å². The first-order valence-electron chi connectivity index (χ1n) is 4.86. The van der Waals surface area contributed by atoms with E-state index in [1.54, 1.807) is 6.07 Å². The molecule has 4 heteroatoms. The SMILES string of the molecule is COC(O)C1CCc2cc(F)ccc2O1. The van der Waals surface area contributed by atoms with Gasteiger partial charge in [0.2, 0.25) is 0 Å². The minimum Gasteiger partial charge on any atom is -0.485 e. The largest absolute Gasteiger partial charge is 0.485 e. The molecule has 0 amide bonds. The van der Waals surface area contributed by atoms with Crippen LogP contribution in [0.5, 0.6) is 5.75 Å². The van der Waals surface area contributed by atoms with E-state index >= 15 is 0 Å². The molecule has 0 spiro atoms. The molecule has 0 radical (unpaired) electrons. The summed E-state index contributed by atoms with van der Waals surface area (Å²) in [4.78, 5) is 0. The second kappa shape index (κ2) is 4.16. The fraction of sp³-hybridized carbons (Fsp3) is 0.455. The van der Waals surface area contributed by atoms with Crippen LogP contribution in [0.3, 0.4) is 0 Å². The number of methoxy groups -OCH3 is 1. The molecule has 0 saturated heterocycles. The molecule has 2 rings (SSSR count). The molecule has 1 aromatic rings. The Labute approximate surface area is 87.4 Å². The minimum atomic E-state index is -0.928. The van der Waals surface area contributed by atoms with Crippen LogP contribution < -0.4 is 4.74 Å². The molecule has 15 heavy (non-hydrogen) atoms. The van der Waals surface area contributed by atoms with Crippen molar-refractivity contribution < 1.29 is 19.0 Å². The molecule has 1 heterocycles. The number of rotatable bonds is 2. The summed E-state index contributed by atoms with van der Waals surface area (Å²) >= 11 is 0. The van der Waals surface area contributed by atoms with Crippen molar-refractivity contribution in [2.45, 2.75) is 25.2 Å². The fourth-order valence-electron chi connectivity index (χ4n) is 1.73. The van der Waals surface area contributed by atoms with E-state index in [1.807, 2.05) is 0 Å². The second-order valence-corrected chi connectivity index (χ2v) is 3.57. The summed E-state index contributed by atoms with van der Waals surface area (Å²) in [6, 6.07) is 4.39. The second-order valence-electron chi connectivity index (χ2n) is 3.57. The lowest BCUT2D eigenvalue weighted by molar-refractivity contribution is -0.139. The molecule has 1 N–H and O–H groups in total. The van der Waals surface area contributed by atoms with Gasteiger partial charge in [-0.1, -0.05) is 0 Å². The summed E-state index contributed by atoms with van der Waals surface area (Å²) in [6.45, 7) is 0.